The molecular formula is C12H19BFN. The molecule has 0 radical (unpaired) electrons. The van der Waals surface area contributed by atoms with Gasteiger partial charge in [-0.3, -0.25) is 9.37 Å². The van der Waals surface area contributed by atoms with Crippen LogP contribution in [0.15, 0.2) is 12.3 Å². The third kappa shape index (κ3) is 2.80. The molecule has 1 atom stereocenters. The van der Waals surface area contributed by atoms with Gasteiger partial charge in [-0.1, -0.05) is 27.7 Å². The molecule has 1 rings (SSSR count). The predicted octanol–water partition coefficient (Wildman–Crippen LogP) is 2.93. The van der Waals surface area contributed by atoms with E-state index in [0.717, 1.165) is 16.8 Å². The number of hydrogen-bond donors (Lipinski definition) is 0. The van der Waals surface area contributed by atoms with Crippen molar-refractivity contribution in [2.45, 2.75) is 45.6 Å². The fourth-order valence-corrected chi connectivity index (χ4v) is 1.65. The lowest BCUT2D eigenvalue weighted by Gasteiger charge is -2.16. The van der Waals surface area contributed by atoms with Gasteiger partial charge in [-0.2, -0.15) is 0 Å². The first-order valence-electron chi connectivity index (χ1n) is 5.57. The molecule has 0 aliphatic heterocycles. The fraction of sp³-hybridized carbons (Fsp3) is 0.583. The molecule has 1 heterocycles. The summed E-state index contributed by atoms with van der Waals surface area (Å²) in [6.45, 7) is 8.38. The lowest BCUT2D eigenvalue weighted by molar-refractivity contribution is 0.454. The maximum absolute atomic E-state index is 13.3. The summed E-state index contributed by atoms with van der Waals surface area (Å²) >= 11 is 0. The third-order valence-electron chi connectivity index (χ3n) is 2.63. The van der Waals surface area contributed by atoms with Crippen LogP contribution in [0, 0.1) is 0 Å². The lowest BCUT2D eigenvalue weighted by atomic mass is 9.87. The van der Waals surface area contributed by atoms with E-state index < -0.39 is 6.07 Å². The maximum Gasteiger partial charge on any atom is 0.152 e. The SMILES string of the molecule is BC(F)c1cnc(C(C)C)cc1C(C)C. The second-order valence-corrected chi connectivity index (χ2v) is 4.66. The molecule has 0 aliphatic rings. The van der Waals surface area contributed by atoms with Gasteiger partial charge in [0.05, 0.1) is 6.07 Å². The van der Waals surface area contributed by atoms with Crippen molar-refractivity contribution in [1.29, 1.82) is 0 Å². The maximum atomic E-state index is 13.3. The van der Waals surface area contributed by atoms with E-state index in [1.54, 1.807) is 14.0 Å². The van der Waals surface area contributed by atoms with Crippen LogP contribution in [0.2, 0.25) is 0 Å². The van der Waals surface area contributed by atoms with Crippen LogP contribution < -0.4 is 0 Å². The van der Waals surface area contributed by atoms with Crippen LogP contribution in [-0.2, 0) is 0 Å². The third-order valence-corrected chi connectivity index (χ3v) is 2.63. The van der Waals surface area contributed by atoms with Gasteiger partial charge in [0.2, 0.25) is 0 Å². The minimum absolute atomic E-state index is 0.346. The van der Waals surface area contributed by atoms with Gasteiger partial charge < -0.3 is 0 Å². The number of halogens is 1. The summed E-state index contributed by atoms with van der Waals surface area (Å²) in [4.78, 5) is 4.30. The second kappa shape index (κ2) is 4.78. The van der Waals surface area contributed by atoms with Crippen molar-refractivity contribution in [3.8, 4) is 0 Å². The second-order valence-electron chi connectivity index (χ2n) is 4.66. The highest BCUT2D eigenvalue weighted by Crippen LogP contribution is 2.27. The number of rotatable bonds is 3. The van der Waals surface area contributed by atoms with Crippen molar-refractivity contribution in [2.24, 2.45) is 0 Å². The molecule has 0 saturated carbocycles. The van der Waals surface area contributed by atoms with Crippen molar-refractivity contribution in [3.63, 3.8) is 0 Å². The summed E-state index contributed by atoms with van der Waals surface area (Å²) in [5.41, 5.74) is 2.86. The molecule has 1 nitrogen and oxygen atoms in total. The van der Waals surface area contributed by atoms with Crippen molar-refractivity contribution < 1.29 is 4.39 Å². The molecule has 0 amide bonds. The lowest BCUT2D eigenvalue weighted by Crippen LogP contribution is -2.04. The molecule has 0 spiro atoms. The molecule has 1 aromatic rings. The number of aromatic nitrogens is 1. The Morgan fingerprint density at radius 1 is 1.13 bits per heavy atom. The fourth-order valence-electron chi connectivity index (χ4n) is 1.65. The van der Waals surface area contributed by atoms with Gasteiger partial charge >= 0.3 is 0 Å². The zero-order chi connectivity index (χ0) is 11.6. The first kappa shape index (κ1) is 12.2. The Kier molecular flexibility index (Phi) is 3.89. The zero-order valence-electron chi connectivity index (χ0n) is 10.2. The summed E-state index contributed by atoms with van der Waals surface area (Å²) in [7, 11) is 1.57. The Hall–Kier alpha value is -0.855. The van der Waals surface area contributed by atoms with Crippen LogP contribution in [0.5, 0.6) is 0 Å². The molecule has 3 heteroatoms. The van der Waals surface area contributed by atoms with E-state index in [1.165, 1.54) is 0 Å². The summed E-state index contributed by atoms with van der Waals surface area (Å²) in [6, 6.07) is 2.04. The van der Waals surface area contributed by atoms with Gasteiger partial charge in [-0.25, -0.2) is 0 Å². The monoisotopic (exact) mass is 207 g/mol. The first-order valence-corrected chi connectivity index (χ1v) is 5.57. The van der Waals surface area contributed by atoms with E-state index in [2.05, 4.69) is 32.7 Å². The van der Waals surface area contributed by atoms with Gasteiger partial charge in [-0.05, 0) is 29.0 Å². The molecule has 15 heavy (non-hydrogen) atoms. The molecule has 1 aromatic heterocycles. The topological polar surface area (TPSA) is 12.9 Å². The van der Waals surface area contributed by atoms with E-state index in [4.69, 9.17) is 0 Å². The Morgan fingerprint density at radius 3 is 2.13 bits per heavy atom. The highest BCUT2D eigenvalue weighted by Gasteiger charge is 2.14. The van der Waals surface area contributed by atoms with E-state index in [-0.39, 0.29) is 0 Å². The summed E-state index contributed by atoms with van der Waals surface area (Å²) in [5.74, 6) is 0.741. The van der Waals surface area contributed by atoms with E-state index in [9.17, 15) is 4.39 Å². The number of alkyl halides is 1. The van der Waals surface area contributed by atoms with Crippen LogP contribution in [-0.4, -0.2) is 12.8 Å². The zero-order valence-corrected chi connectivity index (χ0v) is 10.2. The summed E-state index contributed by atoms with van der Waals surface area (Å²) in [6.07, 6.45) is 0.756. The van der Waals surface area contributed by atoms with Gasteiger partial charge in [0.15, 0.2) is 7.85 Å². The Morgan fingerprint density at radius 2 is 1.73 bits per heavy atom. The van der Waals surface area contributed by atoms with Gasteiger partial charge in [0, 0.05) is 11.9 Å². The summed E-state index contributed by atoms with van der Waals surface area (Å²) < 4.78 is 13.3. The molecule has 0 fully saturated rings. The van der Waals surface area contributed by atoms with Crippen LogP contribution in [0.1, 0.15) is 62.4 Å². The molecular weight excluding hydrogens is 188 g/mol. The van der Waals surface area contributed by atoms with Crippen LogP contribution in [0.25, 0.3) is 0 Å². The predicted molar refractivity (Wildman–Crippen MR) is 64.8 cm³/mol. The highest BCUT2D eigenvalue weighted by atomic mass is 19.1. The summed E-state index contributed by atoms with van der Waals surface area (Å²) in [5, 5.41) is 0. The van der Waals surface area contributed by atoms with E-state index >= 15 is 0 Å². The highest BCUT2D eigenvalue weighted by molar-refractivity contribution is 6.11. The molecule has 0 saturated heterocycles. The minimum Gasteiger partial charge on any atom is -0.261 e. The Bertz CT molecular complexity index is 334. The van der Waals surface area contributed by atoms with Crippen LogP contribution >= 0.6 is 0 Å². The molecule has 0 N–H and O–H groups in total. The van der Waals surface area contributed by atoms with Gasteiger partial charge in [-0.15, -0.1) is 0 Å². The van der Waals surface area contributed by atoms with Crippen LogP contribution in [0.4, 0.5) is 4.39 Å². The van der Waals surface area contributed by atoms with Crippen molar-refractivity contribution in [2.75, 3.05) is 0 Å². The average molecular weight is 207 g/mol. The molecule has 0 aliphatic carbocycles. The Labute approximate surface area is 92.5 Å². The van der Waals surface area contributed by atoms with E-state index in [1.807, 2.05) is 6.07 Å². The average Bonchev–Trinajstić information content (AvgIpc) is 2.16. The van der Waals surface area contributed by atoms with Gasteiger partial charge in [0.25, 0.3) is 0 Å². The number of nitrogens with zero attached hydrogens (tertiary/aromatic N) is 1. The van der Waals surface area contributed by atoms with Crippen molar-refractivity contribution >= 4 is 7.85 Å². The van der Waals surface area contributed by atoms with Crippen LogP contribution in [0.3, 0.4) is 0 Å². The standard InChI is InChI=1S/C12H19BFN/c1-7(2)9-5-11(8(3)4)15-6-10(9)12(13)14/h5-8,12H,13H2,1-4H3. The minimum atomic E-state index is -0.934. The molecule has 82 valence electrons. The van der Waals surface area contributed by atoms with Crippen molar-refractivity contribution in [3.05, 3.63) is 29.1 Å². The first-order chi connectivity index (χ1) is 6.93. The molecule has 1 unspecified atom stereocenters. The smallest absolute Gasteiger partial charge is 0.152 e. The molecule has 0 aromatic carbocycles. The quantitative estimate of drug-likeness (QED) is 0.694. The number of pyridine rings is 1. The largest absolute Gasteiger partial charge is 0.261 e. The normalized spacial score (nSPS) is 13.5. The number of hydrogen-bond acceptors (Lipinski definition) is 1. The van der Waals surface area contributed by atoms with E-state index in [0.29, 0.717) is 11.8 Å². The Balaban J connectivity index is 3.21. The molecule has 0 bridgehead atoms. The van der Waals surface area contributed by atoms with Gasteiger partial charge in [0.1, 0.15) is 0 Å². The van der Waals surface area contributed by atoms with Crippen molar-refractivity contribution in [1.82, 2.24) is 4.98 Å².